The SMILES string of the molecule is COc1ccc(-c2cc3c(nc(C)n3C3CCS(=O)(=O)C3)c(C(=O)N3CCN(C)CC3)n2)cc1. The molecule has 0 aliphatic carbocycles. The van der Waals surface area contributed by atoms with Crippen molar-refractivity contribution >= 4 is 26.8 Å². The third-order valence-corrected chi connectivity index (χ3v) is 8.56. The van der Waals surface area contributed by atoms with E-state index in [0.29, 0.717) is 42.2 Å². The number of benzene rings is 1. The second kappa shape index (κ2) is 8.66. The van der Waals surface area contributed by atoms with Crippen LogP contribution in [-0.2, 0) is 9.84 Å². The Kier molecular flexibility index (Phi) is 5.81. The van der Waals surface area contributed by atoms with Gasteiger partial charge in [0.05, 0.1) is 35.9 Å². The zero-order valence-corrected chi connectivity index (χ0v) is 20.5. The largest absolute Gasteiger partial charge is 0.497 e. The van der Waals surface area contributed by atoms with E-state index in [1.54, 1.807) is 7.11 Å². The van der Waals surface area contributed by atoms with E-state index in [-0.39, 0.29) is 23.5 Å². The minimum absolute atomic E-state index is 0.0846. The quantitative estimate of drug-likeness (QED) is 0.561. The van der Waals surface area contributed by atoms with E-state index in [9.17, 15) is 13.2 Å². The highest BCUT2D eigenvalue weighted by atomic mass is 32.2. The van der Waals surface area contributed by atoms with Gasteiger partial charge in [0, 0.05) is 31.7 Å². The molecule has 2 fully saturated rings. The molecule has 1 amide bonds. The molecule has 10 heteroatoms. The van der Waals surface area contributed by atoms with Crippen molar-refractivity contribution in [2.75, 3.05) is 51.8 Å². The Hall–Kier alpha value is -2.98. The Morgan fingerprint density at radius 2 is 1.79 bits per heavy atom. The van der Waals surface area contributed by atoms with Crippen molar-refractivity contribution < 1.29 is 17.9 Å². The molecule has 0 saturated carbocycles. The van der Waals surface area contributed by atoms with Crippen molar-refractivity contribution in [2.45, 2.75) is 19.4 Å². The van der Waals surface area contributed by atoms with E-state index in [0.717, 1.165) is 29.9 Å². The Labute approximate surface area is 199 Å². The van der Waals surface area contributed by atoms with E-state index in [1.165, 1.54) is 0 Å². The predicted molar refractivity (Wildman–Crippen MR) is 130 cm³/mol. The molecule has 2 saturated heterocycles. The first-order valence-electron chi connectivity index (χ1n) is 11.5. The Bertz CT molecular complexity index is 1340. The van der Waals surface area contributed by atoms with Crippen LogP contribution >= 0.6 is 0 Å². The summed E-state index contributed by atoms with van der Waals surface area (Å²) in [5, 5.41) is 0. The second-order valence-corrected chi connectivity index (χ2v) is 11.4. The van der Waals surface area contributed by atoms with Crippen molar-refractivity contribution in [1.29, 1.82) is 0 Å². The molecule has 3 aromatic rings. The summed E-state index contributed by atoms with van der Waals surface area (Å²) in [6.07, 6.45) is 0.538. The fourth-order valence-corrected chi connectivity index (χ4v) is 6.57. The lowest BCUT2D eigenvalue weighted by molar-refractivity contribution is 0.0660. The lowest BCUT2D eigenvalue weighted by Gasteiger charge is -2.32. The van der Waals surface area contributed by atoms with Gasteiger partial charge in [-0.1, -0.05) is 0 Å². The number of hydrogen-bond donors (Lipinski definition) is 0. The van der Waals surface area contributed by atoms with Crippen LogP contribution in [0.2, 0.25) is 0 Å². The van der Waals surface area contributed by atoms with E-state index < -0.39 is 9.84 Å². The van der Waals surface area contributed by atoms with Crippen LogP contribution in [0.4, 0.5) is 0 Å². The summed E-state index contributed by atoms with van der Waals surface area (Å²) in [6, 6.07) is 9.25. The Morgan fingerprint density at radius 1 is 1.09 bits per heavy atom. The number of sulfone groups is 1. The number of aromatic nitrogens is 3. The number of carbonyl (C=O) groups excluding carboxylic acids is 1. The van der Waals surface area contributed by atoms with Crippen molar-refractivity contribution in [3.8, 4) is 17.0 Å². The molecule has 180 valence electrons. The minimum atomic E-state index is -3.08. The highest BCUT2D eigenvalue weighted by Crippen LogP contribution is 2.33. The lowest BCUT2D eigenvalue weighted by atomic mass is 10.1. The molecule has 2 aliphatic rings. The maximum atomic E-state index is 13.6. The molecule has 4 heterocycles. The van der Waals surface area contributed by atoms with E-state index in [4.69, 9.17) is 14.7 Å². The van der Waals surface area contributed by atoms with Crippen molar-refractivity contribution in [3.05, 3.63) is 41.9 Å². The summed E-state index contributed by atoms with van der Waals surface area (Å²) >= 11 is 0. The third-order valence-electron chi connectivity index (χ3n) is 6.81. The van der Waals surface area contributed by atoms with Gasteiger partial charge in [-0.3, -0.25) is 4.79 Å². The number of piperazine rings is 1. The second-order valence-electron chi connectivity index (χ2n) is 9.13. The number of carbonyl (C=O) groups is 1. The van der Waals surface area contributed by atoms with Crippen LogP contribution in [0.3, 0.4) is 0 Å². The van der Waals surface area contributed by atoms with Crippen LogP contribution in [-0.4, -0.2) is 90.5 Å². The number of methoxy groups -OCH3 is 1. The Morgan fingerprint density at radius 3 is 2.41 bits per heavy atom. The average Bonchev–Trinajstić information content (AvgIpc) is 3.35. The maximum absolute atomic E-state index is 13.6. The molecule has 0 N–H and O–H groups in total. The van der Waals surface area contributed by atoms with Crippen LogP contribution < -0.4 is 4.74 Å². The number of pyridine rings is 1. The molecular formula is C24H29N5O4S. The van der Waals surface area contributed by atoms with Gasteiger partial charge >= 0.3 is 0 Å². The maximum Gasteiger partial charge on any atom is 0.274 e. The van der Waals surface area contributed by atoms with E-state index in [2.05, 4.69) is 4.90 Å². The molecule has 0 spiro atoms. The third kappa shape index (κ3) is 4.16. The van der Waals surface area contributed by atoms with Crippen LogP contribution in [0, 0.1) is 6.92 Å². The van der Waals surface area contributed by atoms with Gasteiger partial charge in [0.15, 0.2) is 15.5 Å². The smallest absolute Gasteiger partial charge is 0.274 e. The number of aryl methyl sites for hydroxylation is 1. The van der Waals surface area contributed by atoms with Gasteiger partial charge in [0.1, 0.15) is 17.1 Å². The summed E-state index contributed by atoms with van der Waals surface area (Å²) in [5.41, 5.74) is 3.09. The van der Waals surface area contributed by atoms with Crippen LogP contribution in [0.5, 0.6) is 5.75 Å². The van der Waals surface area contributed by atoms with Gasteiger partial charge < -0.3 is 19.1 Å². The fraction of sp³-hybridized carbons (Fsp3) is 0.458. The molecule has 0 bridgehead atoms. The molecular weight excluding hydrogens is 454 g/mol. The zero-order chi connectivity index (χ0) is 24.0. The van der Waals surface area contributed by atoms with Gasteiger partial charge in [-0.05, 0) is 50.7 Å². The highest BCUT2D eigenvalue weighted by Gasteiger charge is 2.33. The number of rotatable bonds is 4. The monoisotopic (exact) mass is 483 g/mol. The Balaban J connectivity index is 1.66. The molecule has 1 unspecified atom stereocenters. The average molecular weight is 484 g/mol. The van der Waals surface area contributed by atoms with Gasteiger partial charge in [-0.15, -0.1) is 0 Å². The molecule has 0 radical (unpaired) electrons. The number of likely N-dealkylation sites (N-methyl/N-ethyl adjacent to an activating group) is 1. The first kappa shape index (κ1) is 22.8. The molecule has 9 nitrogen and oxygen atoms in total. The summed E-state index contributed by atoms with van der Waals surface area (Å²) in [4.78, 5) is 27.2. The van der Waals surface area contributed by atoms with Gasteiger partial charge in [0.2, 0.25) is 0 Å². The van der Waals surface area contributed by atoms with Crippen molar-refractivity contribution in [3.63, 3.8) is 0 Å². The number of ether oxygens (including phenoxy) is 1. The first-order valence-corrected chi connectivity index (χ1v) is 13.3. The molecule has 1 aromatic carbocycles. The molecule has 34 heavy (non-hydrogen) atoms. The normalized spacial score (nSPS) is 20.7. The van der Waals surface area contributed by atoms with Crippen LogP contribution in [0.15, 0.2) is 30.3 Å². The first-order chi connectivity index (χ1) is 16.3. The molecule has 5 rings (SSSR count). The lowest BCUT2D eigenvalue weighted by Crippen LogP contribution is -2.47. The predicted octanol–water partition coefficient (Wildman–Crippen LogP) is 2.16. The number of hydrogen-bond acceptors (Lipinski definition) is 7. The van der Waals surface area contributed by atoms with Gasteiger partial charge in [-0.25, -0.2) is 18.4 Å². The van der Waals surface area contributed by atoms with E-state index >= 15 is 0 Å². The standard InChI is InChI=1S/C24H29N5O4S/c1-16-25-22-21(29(16)18-8-13-34(31,32)15-18)14-20(17-4-6-19(33-3)7-5-17)26-23(22)24(30)28-11-9-27(2)10-12-28/h4-7,14,18H,8-13,15H2,1-3H3. The van der Waals surface area contributed by atoms with Gasteiger partial charge in [-0.2, -0.15) is 0 Å². The van der Waals surface area contributed by atoms with Crippen LogP contribution in [0.1, 0.15) is 28.8 Å². The van der Waals surface area contributed by atoms with Gasteiger partial charge in [0.25, 0.3) is 5.91 Å². The summed E-state index contributed by atoms with van der Waals surface area (Å²) in [5.74, 6) is 1.53. The molecule has 2 aromatic heterocycles. The van der Waals surface area contributed by atoms with Crippen molar-refractivity contribution in [1.82, 2.24) is 24.3 Å². The topological polar surface area (TPSA) is 97.6 Å². The van der Waals surface area contributed by atoms with E-state index in [1.807, 2.05) is 53.8 Å². The number of imidazole rings is 1. The van der Waals surface area contributed by atoms with Crippen LogP contribution in [0.25, 0.3) is 22.3 Å². The molecule has 2 aliphatic heterocycles. The molecule has 1 atom stereocenters. The fourth-order valence-electron chi connectivity index (χ4n) is 4.87. The highest BCUT2D eigenvalue weighted by molar-refractivity contribution is 7.91. The number of fused-ring (bicyclic) bond motifs is 1. The number of nitrogens with zero attached hydrogens (tertiary/aromatic N) is 5. The van der Waals surface area contributed by atoms with Crippen molar-refractivity contribution in [2.24, 2.45) is 0 Å². The number of amides is 1. The summed E-state index contributed by atoms with van der Waals surface area (Å²) < 4.78 is 31.7. The zero-order valence-electron chi connectivity index (χ0n) is 19.7. The summed E-state index contributed by atoms with van der Waals surface area (Å²) in [6.45, 7) is 4.74. The minimum Gasteiger partial charge on any atom is -0.497 e. The summed E-state index contributed by atoms with van der Waals surface area (Å²) in [7, 11) is 0.575.